The maximum Gasteiger partial charge on any atom is 0.143 e. The summed E-state index contributed by atoms with van der Waals surface area (Å²) in [6.45, 7) is 0. The second-order valence-corrected chi connectivity index (χ2v) is 13.2. The Bertz CT molecular complexity index is 2770. The molecule has 0 saturated heterocycles. The van der Waals surface area contributed by atoms with Crippen molar-refractivity contribution in [2.75, 3.05) is 0 Å². The highest BCUT2D eigenvalue weighted by Gasteiger charge is 2.21. The van der Waals surface area contributed by atoms with Gasteiger partial charge in [0.2, 0.25) is 0 Å². The highest BCUT2D eigenvalue weighted by Crippen LogP contribution is 2.48. The van der Waals surface area contributed by atoms with Crippen LogP contribution in [0, 0.1) is 0 Å². The number of hydrogen-bond donors (Lipinski definition) is 0. The summed E-state index contributed by atoms with van der Waals surface area (Å²) in [5, 5.41) is 7.09. The van der Waals surface area contributed by atoms with Crippen LogP contribution in [0.15, 0.2) is 199 Å². The fourth-order valence-electron chi connectivity index (χ4n) is 7.96. The average molecular weight is 649 g/mol. The molecular formula is C50H32O. The number of benzene rings is 9. The Hall–Kier alpha value is -6.70. The predicted octanol–water partition coefficient (Wildman–Crippen LogP) is 14.2. The first kappa shape index (κ1) is 29.2. The molecule has 1 heteroatoms. The molecule has 0 saturated carbocycles. The van der Waals surface area contributed by atoms with Crippen LogP contribution in [-0.4, -0.2) is 0 Å². The minimum atomic E-state index is 0.913. The van der Waals surface area contributed by atoms with Crippen molar-refractivity contribution in [1.29, 1.82) is 0 Å². The molecular weight excluding hydrogens is 617 g/mol. The van der Waals surface area contributed by atoms with Gasteiger partial charge in [0.1, 0.15) is 11.2 Å². The molecule has 0 unspecified atom stereocenters. The Kier molecular flexibility index (Phi) is 6.89. The van der Waals surface area contributed by atoms with Gasteiger partial charge < -0.3 is 4.42 Å². The predicted molar refractivity (Wildman–Crippen MR) is 216 cm³/mol. The Morgan fingerprint density at radius 2 is 0.608 bits per heavy atom. The average Bonchev–Trinajstić information content (AvgIpc) is 3.60. The molecule has 0 fully saturated rings. The zero-order valence-corrected chi connectivity index (χ0v) is 27.9. The highest BCUT2D eigenvalue weighted by atomic mass is 16.3. The summed E-state index contributed by atoms with van der Waals surface area (Å²) in [6.07, 6.45) is 0. The molecule has 0 aliphatic carbocycles. The lowest BCUT2D eigenvalue weighted by molar-refractivity contribution is 0.671. The lowest BCUT2D eigenvalue weighted by Gasteiger charge is -2.19. The van der Waals surface area contributed by atoms with Gasteiger partial charge in [0.15, 0.2) is 0 Å². The van der Waals surface area contributed by atoms with E-state index in [4.69, 9.17) is 4.42 Å². The van der Waals surface area contributed by atoms with Gasteiger partial charge in [-0.3, -0.25) is 0 Å². The lowest BCUT2D eigenvalue weighted by Crippen LogP contribution is -1.92. The summed E-state index contributed by atoms with van der Waals surface area (Å²) in [4.78, 5) is 0. The van der Waals surface area contributed by atoms with Crippen molar-refractivity contribution in [2.24, 2.45) is 0 Å². The van der Waals surface area contributed by atoms with Gasteiger partial charge in [0.05, 0.1) is 0 Å². The van der Waals surface area contributed by atoms with Crippen LogP contribution < -0.4 is 0 Å². The van der Waals surface area contributed by atoms with Gasteiger partial charge in [0, 0.05) is 27.5 Å². The molecule has 238 valence electrons. The van der Waals surface area contributed by atoms with Gasteiger partial charge in [-0.15, -0.1) is 0 Å². The second kappa shape index (κ2) is 12.0. The van der Waals surface area contributed by atoms with Gasteiger partial charge in [-0.25, -0.2) is 0 Å². The zero-order valence-electron chi connectivity index (χ0n) is 27.9. The van der Waals surface area contributed by atoms with E-state index in [1.807, 2.05) is 0 Å². The molecule has 0 aliphatic rings. The Balaban J connectivity index is 1.28. The summed E-state index contributed by atoms with van der Waals surface area (Å²) in [5.74, 6) is 0. The van der Waals surface area contributed by atoms with Crippen molar-refractivity contribution in [2.45, 2.75) is 0 Å². The van der Waals surface area contributed by atoms with E-state index in [2.05, 4.69) is 194 Å². The minimum absolute atomic E-state index is 0.913. The minimum Gasteiger partial charge on any atom is -0.455 e. The number of para-hydroxylation sites is 2. The third-order valence-electron chi connectivity index (χ3n) is 10.2. The fraction of sp³-hybridized carbons (Fsp3) is 0. The van der Waals surface area contributed by atoms with Crippen molar-refractivity contribution in [1.82, 2.24) is 0 Å². The van der Waals surface area contributed by atoms with Crippen molar-refractivity contribution in [3.63, 3.8) is 0 Å². The molecule has 0 N–H and O–H groups in total. The van der Waals surface area contributed by atoms with Crippen LogP contribution in [0.2, 0.25) is 0 Å². The van der Waals surface area contributed by atoms with Crippen LogP contribution in [0.25, 0.3) is 99.1 Å². The highest BCUT2D eigenvalue weighted by molar-refractivity contribution is 6.24. The van der Waals surface area contributed by atoms with E-state index in [9.17, 15) is 0 Å². The molecule has 1 nitrogen and oxygen atoms in total. The summed E-state index contributed by atoms with van der Waals surface area (Å²) in [7, 11) is 0. The molecule has 9 aromatic carbocycles. The fourth-order valence-corrected chi connectivity index (χ4v) is 7.96. The van der Waals surface area contributed by atoms with Gasteiger partial charge >= 0.3 is 0 Å². The summed E-state index contributed by atoms with van der Waals surface area (Å²) in [6, 6.07) is 69.8. The topological polar surface area (TPSA) is 13.1 Å². The Morgan fingerprint density at radius 1 is 0.235 bits per heavy atom. The third-order valence-corrected chi connectivity index (χ3v) is 10.2. The first-order valence-corrected chi connectivity index (χ1v) is 17.5. The quantitative estimate of drug-likeness (QED) is 0.169. The van der Waals surface area contributed by atoms with Gasteiger partial charge in [-0.2, -0.15) is 0 Å². The van der Waals surface area contributed by atoms with E-state index in [1.54, 1.807) is 0 Å². The van der Waals surface area contributed by atoms with Crippen molar-refractivity contribution in [3.8, 4) is 55.6 Å². The molecule has 0 aliphatic heterocycles. The summed E-state index contributed by atoms with van der Waals surface area (Å²) >= 11 is 0. The van der Waals surface area contributed by atoms with E-state index in [1.165, 1.54) is 60.5 Å². The van der Waals surface area contributed by atoms with Gasteiger partial charge in [-0.05, 0) is 78.7 Å². The maximum absolute atomic E-state index is 6.97. The van der Waals surface area contributed by atoms with Crippen LogP contribution in [0.3, 0.4) is 0 Å². The Labute approximate surface area is 296 Å². The number of furan rings is 1. The van der Waals surface area contributed by atoms with Crippen LogP contribution in [0.1, 0.15) is 0 Å². The Morgan fingerprint density at radius 3 is 1.12 bits per heavy atom. The van der Waals surface area contributed by atoms with Crippen LogP contribution in [0.5, 0.6) is 0 Å². The molecule has 0 radical (unpaired) electrons. The molecule has 10 rings (SSSR count). The molecule has 10 aromatic rings. The van der Waals surface area contributed by atoms with Crippen LogP contribution >= 0.6 is 0 Å². The molecule has 0 bridgehead atoms. The normalized spacial score (nSPS) is 11.5. The van der Waals surface area contributed by atoms with Crippen LogP contribution in [0.4, 0.5) is 0 Å². The smallest absolute Gasteiger partial charge is 0.143 e. The summed E-state index contributed by atoms with van der Waals surface area (Å²) in [5.41, 5.74) is 13.6. The molecule has 0 amide bonds. The number of rotatable bonds is 5. The molecule has 1 aromatic heterocycles. The molecule has 0 spiro atoms. The van der Waals surface area contributed by atoms with Crippen molar-refractivity contribution < 1.29 is 4.42 Å². The third kappa shape index (κ3) is 4.86. The molecule has 0 atom stereocenters. The standard InChI is InChI=1S/C50H32O/c1-4-16-33(17-5-1)36-30-37(34-18-6-2-7-19-34)32-38(31-36)47-40-22-10-12-24-42(40)48(43-25-13-11-23-41(43)47)46-29-15-28-45-44-27-14-26-39(49(44)51-50(45)46)35-20-8-3-9-21-35/h1-32H. The molecule has 1 heterocycles. The second-order valence-electron chi connectivity index (χ2n) is 13.2. The van der Waals surface area contributed by atoms with Crippen LogP contribution in [-0.2, 0) is 0 Å². The maximum atomic E-state index is 6.97. The van der Waals surface area contributed by atoms with E-state index in [-0.39, 0.29) is 0 Å². The number of fused-ring (bicyclic) bond motifs is 5. The SMILES string of the molecule is c1ccc(-c2cc(-c3ccccc3)cc(-c3c4ccccc4c(-c4cccc5c4oc4c(-c6ccccc6)cccc45)c4ccccc34)c2)cc1. The lowest BCUT2D eigenvalue weighted by atomic mass is 9.84. The van der Waals surface area contributed by atoms with Gasteiger partial charge in [0.25, 0.3) is 0 Å². The van der Waals surface area contributed by atoms with Gasteiger partial charge in [-0.1, -0.05) is 176 Å². The first-order chi connectivity index (χ1) is 25.3. The van der Waals surface area contributed by atoms with E-state index >= 15 is 0 Å². The first-order valence-electron chi connectivity index (χ1n) is 17.5. The monoisotopic (exact) mass is 648 g/mol. The molecule has 51 heavy (non-hydrogen) atoms. The van der Waals surface area contributed by atoms with E-state index in [0.29, 0.717) is 0 Å². The number of hydrogen-bond acceptors (Lipinski definition) is 1. The van der Waals surface area contributed by atoms with E-state index < -0.39 is 0 Å². The van der Waals surface area contributed by atoms with Crippen molar-refractivity contribution in [3.05, 3.63) is 194 Å². The van der Waals surface area contributed by atoms with Crippen molar-refractivity contribution >= 4 is 43.5 Å². The summed E-state index contributed by atoms with van der Waals surface area (Å²) < 4.78 is 6.97. The largest absolute Gasteiger partial charge is 0.455 e. The van der Waals surface area contributed by atoms with E-state index in [0.717, 1.165) is 38.6 Å². The zero-order chi connectivity index (χ0) is 33.7.